The smallest absolute Gasteiger partial charge is 0.0591 e. The van der Waals surface area contributed by atoms with E-state index in [1.807, 2.05) is 19.4 Å². The number of nitrogens with zero attached hydrogens (tertiary/aromatic N) is 1. The Labute approximate surface area is 146 Å². The van der Waals surface area contributed by atoms with Crippen LogP contribution in [0.2, 0.25) is 0 Å². The molecule has 0 aliphatic carbocycles. The Bertz CT molecular complexity index is 783. The van der Waals surface area contributed by atoms with Crippen molar-refractivity contribution in [2.45, 2.75) is 6.04 Å². The molecule has 0 saturated heterocycles. The molecule has 2 nitrogen and oxygen atoms in total. The molecule has 0 saturated carbocycles. The molecule has 1 N–H and O–H groups in total. The first kappa shape index (κ1) is 14.9. The van der Waals surface area contributed by atoms with Crippen molar-refractivity contribution in [1.29, 1.82) is 0 Å². The monoisotopic (exact) mass is 452 g/mol. The lowest BCUT2D eigenvalue weighted by atomic mass is 9.94. The third-order valence-corrected chi connectivity index (χ3v) is 4.98. The number of nitrogens with one attached hydrogen (secondary N) is 1. The van der Waals surface area contributed by atoms with Gasteiger partial charge in [0.15, 0.2) is 0 Å². The summed E-state index contributed by atoms with van der Waals surface area (Å²) in [6.45, 7) is 0. The van der Waals surface area contributed by atoms with Crippen LogP contribution in [0.1, 0.15) is 17.2 Å². The molecule has 106 valence electrons. The second-order valence-corrected chi connectivity index (χ2v) is 6.93. The highest BCUT2D eigenvalue weighted by molar-refractivity contribution is 14.1. The molecule has 0 radical (unpaired) electrons. The van der Waals surface area contributed by atoms with E-state index in [1.54, 1.807) is 0 Å². The van der Waals surface area contributed by atoms with Gasteiger partial charge in [-0.25, -0.2) is 0 Å². The molecule has 0 fully saturated rings. The average Bonchev–Trinajstić information content (AvgIpc) is 2.51. The van der Waals surface area contributed by atoms with Crippen molar-refractivity contribution >= 4 is 49.3 Å². The highest BCUT2D eigenvalue weighted by atomic mass is 127. The highest BCUT2D eigenvalue weighted by Crippen LogP contribution is 2.33. The summed E-state index contributed by atoms with van der Waals surface area (Å²) < 4.78 is 2.35. The molecule has 1 unspecified atom stereocenters. The van der Waals surface area contributed by atoms with Gasteiger partial charge in [-0.15, -0.1) is 0 Å². The van der Waals surface area contributed by atoms with E-state index in [1.165, 1.54) is 20.1 Å². The highest BCUT2D eigenvalue weighted by Gasteiger charge is 2.17. The fraction of sp³-hybridized carbons (Fsp3) is 0.118. The molecule has 21 heavy (non-hydrogen) atoms. The van der Waals surface area contributed by atoms with Crippen molar-refractivity contribution in [3.05, 3.63) is 74.0 Å². The third kappa shape index (κ3) is 2.98. The van der Waals surface area contributed by atoms with Gasteiger partial charge in [0.05, 0.1) is 6.04 Å². The fourth-order valence-electron chi connectivity index (χ4n) is 2.61. The first-order valence-corrected chi connectivity index (χ1v) is 8.52. The number of hydrogen-bond donors (Lipinski definition) is 1. The summed E-state index contributed by atoms with van der Waals surface area (Å²) >= 11 is 6.03. The molecule has 0 aliphatic rings. The van der Waals surface area contributed by atoms with E-state index in [-0.39, 0.29) is 6.04 Å². The average molecular weight is 453 g/mol. The number of aromatic nitrogens is 1. The van der Waals surface area contributed by atoms with Crippen LogP contribution in [0.3, 0.4) is 0 Å². The lowest BCUT2D eigenvalue weighted by Crippen LogP contribution is -2.18. The predicted octanol–water partition coefficient (Wildman–Crippen LogP) is 4.91. The van der Waals surface area contributed by atoms with E-state index < -0.39 is 0 Å². The number of halogens is 2. The molecule has 0 bridgehead atoms. The van der Waals surface area contributed by atoms with Gasteiger partial charge in [-0.3, -0.25) is 4.98 Å². The summed E-state index contributed by atoms with van der Waals surface area (Å²) in [6.07, 6.45) is 3.76. The van der Waals surface area contributed by atoms with Crippen LogP contribution in [0.5, 0.6) is 0 Å². The largest absolute Gasteiger partial charge is 0.309 e. The van der Waals surface area contributed by atoms with Crippen LogP contribution in [0, 0.1) is 3.57 Å². The minimum Gasteiger partial charge on any atom is -0.309 e. The molecular weight excluding hydrogens is 439 g/mol. The molecule has 4 heteroatoms. The van der Waals surface area contributed by atoms with Crippen molar-refractivity contribution in [1.82, 2.24) is 10.3 Å². The molecule has 0 aliphatic heterocycles. The number of pyridine rings is 1. The van der Waals surface area contributed by atoms with Gasteiger partial charge in [-0.05, 0) is 70.4 Å². The molecule has 0 spiro atoms. The van der Waals surface area contributed by atoms with Crippen molar-refractivity contribution in [3.63, 3.8) is 0 Å². The lowest BCUT2D eigenvalue weighted by Gasteiger charge is -2.21. The zero-order chi connectivity index (χ0) is 14.8. The maximum Gasteiger partial charge on any atom is 0.0591 e. The van der Waals surface area contributed by atoms with Gasteiger partial charge in [0, 0.05) is 25.8 Å². The fourth-order valence-corrected chi connectivity index (χ4v) is 3.60. The molecule has 3 aromatic rings. The van der Waals surface area contributed by atoms with Crippen LogP contribution < -0.4 is 5.32 Å². The zero-order valence-electron chi connectivity index (χ0n) is 11.5. The van der Waals surface area contributed by atoms with Crippen LogP contribution in [0.25, 0.3) is 10.8 Å². The van der Waals surface area contributed by atoms with Crippen LogP contribution in [0.15, 0.2) is 59.3 Å². The first-order chi connectivity index (χ1) is 10.2. The third-order valence-electron chi connectivity index (χ3n) is 3.58. The topological polar surface area (TPSA) is 24.9 Å². The van der Waals surface area contributed by atoms with E-state index >= 15 is 0 Å². The summed E-state index contributed by atoms with van der Waals surface area (Å²) in [5, 5.41) is 5.84. The molecular formula is C17H14BrIN2. The van der Waals surface area contributed by atoms with Crippen molar-refractivity contribution in [3.8, 4) is 0 Å². The predicted molar refractivity (Wildman–Crippen MR) is 99.5 cm³/mol. The van der Waals surface area contributed by atoms with Crippen LogP contribution >= 0.6 is 38.5 Å². The summed E-state index contributed by atoms with van der Waals surface area (Å²) in [6, 6.07) is 15.0. The molecule has 2 aromatic carbocycles. The van der Waals surface area contributed by atoms with E-state index in [4.69, 9.17) is 0 Å². The SMILES string of the molecule is CNC(c1cc(I)ccc1Br)c1cccc2cnccc12. The first-order valence-electron chi connectivity index (χ1n) is 6.65. The van der Waals surface area contributed by atoms with Crippen molar-refractivity contribution < 1.29 is 0 Å². The Morgan fingerprint density at radius 3 is 2.81 bits per heavy atom. The van der Waals surface area contributed by atoms with Gasteiger partial charge in [-0.1, -0.05) is 34.1 Å². The van der Waals surface area contributed by atoms with Gasteiger partial charge >= 0.3 is 0 Å². The minimum atomic E-state index is 0.139. The maximum absolute atomic E-state index is 4.21. The quantitative estimate of drug-likeness (QED) is 0.571. The van der Waals surface area contributed by atoms with Gasteiger partial charge in [0.1, 0.15) is 0 Å². The second-order valence-electron chi connectivity index (χ2n) is 4.83. The second kappa shape index (κ2) is 6.42. The molecule has 1 atom stereocenters. The van der Waals surface area contributed by atoms with Gasteiger partial charge in [0.25, 0.3) is 0 Å². The van der Waals surface area contributed by atoms with Crippen LogP contribution in [-0.4, -0.2) is 12.0 Å². The summed E-state index contributed by atoms with van der Waals surface area (Å²) in [7, 11) is 2.00. The Hall–Kier alpha value is -0.980. The van der Waals surface area contributed by atoms with Crippen molar-refractivity contribution in [2.75, 3.05) is 7.05 Å². The van der Waals surface area contributed by atoms with Gasteiger partial charge in [-0.2, -0.15) is 0 Å². The minimum absolute atomic E-state index is 0.139. The Morgan fingerprint density at radius 2 is 2.00 bits per heavy atom. The zero-order valence-corrected chi connectivity index (χ0v) is 15.2. The lowest BCUT2D eigenvalue weighted by molar-refractivity contribution is 0.693. The molecule has 3 rings (SSSR count). The van der Waals surface area contributed by atoms with E-state index in [0.717, 1.165) is 9.86 Å². The summed E-state index contributed by atoms with van der Waals surface area (Å²) in [5.74, 6) is 0. The number of rotatable bonds is 3. The molecule has 1 heterocycles. The van der Waals surface area contributed by atoms with Gasteiger partial charge < -0.3 is 5.32 Å². The number of benzene rings is 2. The summed E-state index contributed by atoms with van der Waals surface area (Å²) in [5.41, 5.74) is 2.51. The summed E-state index contributed by atoms with van der Waals surface area (Å²) in [4.78, 5) is 4.21. The Balaban J connectivity index is 2.21. The van der Waals surface area contributed by atoms with Crippen LogP contribution in [0.4, 0.5) is 0 Å². The normalized spacial score (nSPS) is 12.5. The molecule has 0 amide bonds. The maximum atomic E-state index is 4.21. The molecule has 1 aromatic heterocycles. The Morgan fingerprint density at radius 1 is 1.14 bits per heavy atom. The van der Waals surface area contributed by atoms with E-state index in [0.29, 0.717) is 0 Å². The van der Waals surface area contributed by atoms with Gasteiger partial charge in [0.2, 0.25) is 0 Å². The van der Waals surface area contributed by atoms with E-state index in [9.17, 15) is 0 Å². The Kier molecular flexibility index (Phi) is 4.57. The van der Waals surface area contributed by atoms with E-state index in [2.05, 4.69) is 91.3 Å². The van der Waals surface area contributed by atoms with Crippen LogP contribution in [-0.2, 0) is 0 Å². The van der Waals surface area contributed by atoms with Crippen molar-refractivity contribution in [2.24, 2.45) is 0 Å². The number of hydrogen-bond acceptors (Lipinski definition) is 2. The number of fused-ring (bicyclic) bond motifs is 1. The standard InChI is InChI=1S/C17H14BrIN2/c1-20-17(15-9-12(19)5-6-16(15)18)14-4-2-3-11-10-21-8-7-13(11)14/h2-10,17,20H,1H3.